The highest BCUT2D eigenvalue weighted by Crippen LogP contribution is 2.26. The van der Waals surface area contributed by atoms with E-state index in [1.807, 2.05) is 6.33 Å². The largest absolute Gasteiger partial charge is 0.331 e. The van der Waals surface area contributed by atoms with Crippen LogP contribution in [0.4, 0.5) is 0 Å². The van der Waals surface area contributed by atoms with Crippen LogP contribution in [0.3, 0.4) is 0 Å². The molecule has 0 aliphatic heterocycles. The molecule has 0 aliphatic carbocycles. The van der Waals surface area contributed by atoms with Gasteiger partial charge in [-0.25, -0.2) is 4.98 Å². The molecule has 2 aromatic rings. The molecule has 0 spiro atoms. The Balaban J connectivity index is 2.44. The lowest BCUT2D eigenvalue weighted by Gasteiger charge is -2.19. The Morgan fingerprint density at radius 2 is 2.12 bits per heavy atom. The average molecular weight is 231 g/mol. The minimum atomic E-state index is 0.422. The highest BCUT2D eigenvalue weighted by molar-refractivity contribution is 5.76. The summed E-state index contributed by atoms with van der Waals surface area (Å²) in [7, 11) is 0. The second-order valence-electron chi connectivity index (χ2n) is 4.86. The molecular weight excluding hydrogens is 210 g/mol. The fourth-order valence-electron chi connectivity index (χ4n) is 2.36. The maximum Gasteiger partial charge on any atom is 0.0958 e. The zero-order chi connectivity index (χ0) is 12.4. The van der Waals surface area contributed by atoms with Gasteiger partial charge in [0.25, 0.3) is 0 Å². The first-order valence-corrected chi connectivity index (χ1v) is 6.32. The zero-order valence-electron chi connectivity index (χ0n) is 10.9. The van der Waals surface area contributed by atoms with Crippen molar-refractivity contribution in [2.24, 2.45) is 11.7 Å². The fraction of sp³-hybridized carbons (Fsp3) is 0.500. The van der Waals surface area contributed by atoms with E-state index in [-0.39, 0.29) is 0 Å². The van der Waals surface area contributed by atoms with Crippen molar-refractivity contribution >= 4 is 11.0 Å². The van der Waals surface area contributed by atoms with Gasteiger partial charge < -0.3 is 10.3 Å². The highest BCUT2D eigenvalue weighted by Gasteiger charge is 2.15. The van der Waals surface area contributed by atoms with Gasteiger partial charge in [-0.05, 0) is 43.0 Å². The Kier molecular flexibility index (Phi) is 3.48. The van der Waals surface area contributed by atoms with Crippen LogP contribution in [0, 0.1) is 5.92 Å². The van der Waals surface area contributed by atoms with Crippen LogP contribution < -0.4 is 5.73 Å². The van der Waals surface area contributed by atoms with Crippen LogP contribution in [0.15, 0.2) is 24.5 Å². The quantitative estimate of drug-likeness (QED) is 0.879. The van der Waals surface area contributed by atoms with E-state index in [1.54, 1.807) is 0 Å². The van der Waals surface area contributed by atoms with Gasteiger partial charge in [0, 0.05) is 6.54 Å². The number of nitrogens with two attached hydrogens (primary N) is 1. The van der Waals surface area contributed by atoms with Gasteiger partial charge in [0.1, 0.15) is 0 Å². The third-order valence-corrected chi connectivity index (χ3v) is 3.47. The second-order valence-corrected chi connectivity index (χ2v) is 4.86. The number of hydrogen-bond donors (Lipinski definition) is 1. The van der Waals surface area contributed by atoms with Crippen LogP contribution in [0.5, 0.6) is 0 Å². The number of aryl methyl sites for hydroxylation is 1. The lowest BCUT2D eigenvalue weighted by Crippen LogP contribution is -2.17. The summed E-state index contributed by atoms with van der Waals surface area (Å²) in [4.78, 5) is 4.45. The van der Waals surface area contributed by atoms with Crippen molar-refractivity contribution in [3.05, 3.63) is 30.1 Å². The summed E-state index contributed by atoms with van der Waals surface area (Å²) in [6.07, 6.45) is 1.90. The molecule has 1 heterocycles. The van der Waals surface area contributed by atoms with Gasteiger partial charge in [0.15, 0.2) is 0 Å². The molecule has 3 nitrogen and oxygen atoms in total. The van der Waals surface area contributed by atoms with E-state index in [0.717, 1.165) is 12.1 Å². The third-order valence-electron chi connectivity index (χ3n) is 3.47. The number of aromatic nitrogens is 2. The first-order chi connectivity index (χ1) is 8.17. The van der Waals surface area contributed by atoms with Crippen LogP contribution in [0.2, 0.25) is 0 Å². The molecule has 0 bridgehead atoms. The number of imidazole rings is 1. The van der Waals surface area contributed by atoms with E-state index in [0.29, 0.717) is 18.4 Å². The molecule has 0 aliphatic rings. The second kappa shape index (κ2) is 4.88. The molecule has 92 valence electrons. The molecule has 0 saturated heterocycles. The van der Waals surface area contributed by atoms with E-state index >= 15 is 0 Å². The molecule has 17 heavy (non-hydrogen) atoms. The Morgan fingerprint density at radius 1 is 1.35 bits per heavy atom. The number of benzene rings is 1. The van der Waals surface area contributed by atoms with Gasteiger partial charge in [-0.1, -0.05) is 19.9 Å². The number of rotatable bonds is 4. The predicted octanol–water partition coefficient (Wildman–Crippen LogP) is 2.75. The monoisotopic (exact) mass is 231 g/mol. The van der Waals surface area contributed by atoms with E-state index < -0.39 is 0 Å². The van der Waals surface area contributed by atoms with Crippen LogP contribution in [-0.4, -0.2) is 16.1 Å². The summed E-state index contributed by atoms with van der Waals surface area (Å²) in [5.41, 5.74) is 9.43. The normalized spacial score (nSPS) is 13.5. The smallest absolute Gasteiger partial charge is 0.0958 e. The summed E-state index contributed by atoms with van der Waals surface area (Å²) < 4.78 is 2.16. The van der Waals surface area contributed by atoms with E-state index in [2.05, 4.69) is 48.5 Å². The van der Waals surface area contributed by atoms with Crippen molar-refractivity contribution in [2.45, 2.75) is 33.2 Å². The highest BCUT2D eigenvalue weighted by atomic mass is 15.0. The Labute approximate surface area is 103 Å². The van der Waals surface area contributed by atoms with Crippen molar-refractivity contribution in [1.29, 1.82) is 0 Å². The van der Waals surface area contributed by atoms with Crippen molar-refractivity contribution in [3.63, 3.8) is 0 Å². The minimum absolute atomic E-state index is 0.422. The summed E-state index contributed by atoms with van der Waals surface area (Å²) in [6.45, 7) is 8.21. The van der Waals surface area contributed by atoms with E-state index in [1.165, 1.54) is 11.1 Å². The van der Waals surface area contributed by atoms with Gasteiger partial charge in [-0.15, -0.1) is 0 Å². The molecule has 1 aromatic heterocycles. The van der Waals surface area contributed by atoms with Crippen molar-refractivity contribution in [1.82, 2.24) is 9.55 Å². The van der Waals surface area contributed by atoms with Crippen LogP contribution in [0.1, 0.15) is 32.3 Å². The molecule has 0 fully saturated rings. The Bertz CT molecular complexity index is 499. The van der Waals surface area contributed by atoms with Gasteiger partial charge in [-0.3, -0.25) is 0 Å². The standard InChI is InChI=1S/C14H21N3/c1-4-17-9-16-13-7-11(5-6-14(13)17)12(8-15)10(2)3/h5-7,9-10,12H,4,8,15H2,1-3H3. The molecule has 2 N–H and O–H groups in total. The van der Waals surface area contributed by atoms with Crippen LogP contribution in [0.25, 0.3) is 11.0 Å². The molecule has 0 radical (unpaired) electrons. The molecule has 1 aromatic carbocycles. The maximum absolute atomic E-state index is 5.86. The van der Waals surface area contributed by atoms with Crippen molar-refractivity contribution in [3.8, 4) is 0 Å². The zero-order valence-corrected chi connectivity index (χ0v) is 10.9. The first-order valence-electron chi connectivity index (χ1n) is 6.32. The summed E-state index contributed by atoms with van der Waals surface area (Å²) in [5, 5.41) is 0. The topological polar surface area (TPSA) is 43.8 Å². The predicted molar refractivity (Wildman–Crippen MR) is 72.0 cm³/mol. The molecule has 2 rings (SSSR count). The molecule has 0 saturated carbocycles. The molecular formula is C14H21N3. The summed E-state index contributed by atoms with van der Waals surface area (Å²) >= 11 is 0. The summed E-state index contributed by atoms with van der Waals surface area (Å²) in [5.74, 6) is 0.983. The molecule has 1 unspecified atom stereocenters. The van der Waals surface area contributed by atoms with Crippen molar-refractivity contribution in [2.75, 3.05) is 6.54 Å². The first kappa shape index (κ1) is 12.1. The summed E-state index contributed by atoms with van der Waals surface area (Å²) in [6, 6.07) is 6.53. The van der Waals surface area contributed by atoms with Crippen molar-refractivity contribution < 1.29 is 0 Å². The number of hydrogen-bond acceptors (Lipinski definition) is 2. The molecule has 3 heteroatoms. The number of nitrogens with zero attached hydrogens (tertiary/aromatic N) is 2. The lowest BCUT2D eigenvalue weighted by atomic mass is 9.88. The average Bonchev–Trinajstić information content (AvgIpc) is 2.71. The third kappa shape index (κ3) is 2.20. The SMILES string of the molecule is CCn1cnc2cc(C(CN)C(C)C)ccc21. The van der Waals surface area contributed by atoms with E-state index in [9.17, 15) is 0 Å². The maximum atomic E-state index is 5.86. The number of fused-ring (bicyclic) bond motifs is 1. The molecule has 1 atom stereocenters. The van der Waals surface area contributed by atoms with E-state index in [4.69, 9.17) is 5.73 Å². The molecule has 0 amide bonds. The van der Waals surface area contributed by atoms with Crippen LogP contribution in [-0.2, 0) is 6.54 Å². The minimum Gasteiger partial charge on any atom is -0.331 e. The Morgan fingerprint density at radius 3 is 2.71 bits per heavy atom. The van der Waals surface area contributed by atoms with Crippen LogP contribution >= 0.6 is 0 Å². The van der Waals surface area contributed by atoms with Gasteiger partial charge in [0.2, 0.25) is 0 Å². The fourth-order valence-corrected chi connectivity index (χ4v) is 2.36. The van der Waals surface area contributed by atoms with Gasteiger partial charge in [-0.2, -0.15) is 0 Å². The van der Waals surface area contributed by atoms with Gasteiger partial charge in [0.05, 0.1) is 17.4 Å². The lowest BCUT2D eigenvalue weighted by molar-refractivity contribution is 0.506. The van der Waals surface area contributed by atoms with Gasteiger partial charge >= 0.3 is 0 Å². The Hall–Kier alpha value is -1.35.